The minimum Gasteiger partial charge on any atom is -0.461 e. The van der Waals surface area contributed by atoms with Gasteiger partial charge in [-0.05, 0) is 100 Å². The number of nitrogens with two attached hydrogens (primary N) is 1. The minimum atomic E-state index is -0.876. The molecule has 8 rings (SSSR count). The van der Waals surface area contributed by atoms with E-state index < -0.39 is 11.0 Å². The summed E-state index contributed by atoms with van der Waals surface area (Å²) < 4.78 is 5.66. The van der Waals surface area contributed by atoms with Crippen LogP contribution in [0.2, 0.25) is 0 Å². The van der Waals surface area contributed by atoms with E-state index >= 15 is 0 Å². The van der Waals surface area contributed by atoms with Gasteiger partial charge in [-0.15, -0.1) is 0 Å². The molecule has 1 aromatic rings. The first kappa shape index (κ1) is 26.7. The number of aliphatic hydroxyl groups excluding tert-OH is 1. The zero-order chi connectivity index (χ0) is 28.1. The number of piperidine rings is 1. The third kappa shape index (κ3) is 3.29. The number of carbonyl (C=O) groups excluding carboxylic acids is 2. The molecule has 0 radical (unpaired) electrons. The van der Waals surface area contributed by atoms with Crippen LogP contribution in [-0.4, -0.2) is 58.1 Å². The molecule has 0 aromatic carbocycles. The highest BCUT2D eigenvalue weighted by molar-refractivity contribution is 6.08. The molecule has 2 heterocycles. The number of hydrogen-bond acceptors (Lipinski definition) is 6. The van der Waals surface area contributed by atoms with Crippen molar-refractivity contribution >= 4 is 11.7 Å². The Hall–Kier alpha value is -2.22. The maximum absolute atomic E-state index is 14.2. The van der Waals surface area contributed by atoms with E-state index in [4.69, 9.17) is 10.2 Å². The van der Waals surface area contributed by atoms with Gasteiger partial charge in [0.05, 0.1) is 18.0 Å². The predicted molar refractivity (Wildman–Crippen MR) is 150 cm³/mol. The van der Waals surface area contributed by atoms with Crippen molar-refractivity contribution in [3.63, 3.8) is 0 Å². The first-order chi connectivity index (χ1) is 19.0. The largest absolute Gasteiger partial charge is 0.461 e. The Kier molecular flexibility index (Phi) is 5.77. The highest BCUT2D eigenvalue weighted by atomic mass is 16.3. The maximum atomic E-state index is 14.2. The van der Waals surface area contributed by atoms with Crippen LogP contribution >= 0.6 is 0 Å². The minimum absolute atomic E-state index is 0.0472. The fourth-order valence-corrected chi connectivity index (χ4v) is 10.9. The van der Waals surface area contributed by atoms with Gasteiger partial charge in [-0.3, -0.25) is 9.59 Å². The Morgan fingerprint density at radius 2 is 1.73 bits per heavy atom. The van der Waals surface area contributed by atoms with Crippen molar-refractivity contribution < 1.29 is 24.2 Å². The number of aliphatic hydroxyl groups is 2. The number of ketones is 1. The van der Waals surface area contributed by atoms with Crippen LogP contribution in [0.4, 0.5) is 0 Å². The molecule has 40 heavy (non-hydrogen) atoms. The molecule has 1 aliphatic heterocycles. The third-order valence-corrected chi connectivity index (χ3v) is 13.2. The van der Waals surface area contributed by atoms with Gasteiger partial charge in [-0.2, -0.15) is 0 Å². The molecule has 216 valence electrons. The average molecular weight is 549 g/mol. The molecule has 1 saturated heterocycles. The molecule has 7 nitrogen and oxygen atoms in total. The number of amides is 1. The number of Topliss-reactive ketones (excluding diaryl/α,β-unsaturated/α-hetero) is 1. The second-order valence-electron chi connectivity index (χ2n) is 14.6. The van der Waals surface area contributed by atoms with Crippen molar-refractivity contribution in [2.75, 3.05) is 19.6 Å². The fraction of sp³-hybridized carbons (Fsp3) is 0.697. The second-order valence-corrected chi connectivity index (χ2v) is 14.6. The van der Waals surface area contributed by atoms with Gasteiger partial charge in [0.2, 0.25) is 11.7 Å². The van der Waals surface area contributed by atoms with Gasteiger partial charge in [0.25, 0.3) is 0 Å². The zero-order valence-electron chi connectivity index (χ0n) is 23.9. The molecule has 1 aromatic heterocycles. The van der Waals surface area contributed by atoms with Gasteiger partial charge in [0.1, 0.15) is 0 Å². The molecule has 3 saturated carbocycles. The van der Waals surface area contributed by atoms with Crippen molar-refractivity contribution in [1.29, 1.82) is 0 Å². The summed E-state index contributed by atoms with van der Waals surface area (Å²) in [5.41, 5.74) is 4.29. The molecule has 8 atom stereocenters. The van der Waals surface area contributed by atoms with E-state index in [1.807, 2.05) is 0 Å². The predicted octanol–water partition coefficient (Wildman–Crippen LogP) is 4.25. The Balaban J connectivity index is 1.29. The average Bonchev–Trinajstić information content (AvgIpc) is 3.55. The fourth-order valence-electron chi connectivity index (χ4n) is 10.9. The van der Waals surface area contributed by atoms with Gasteiger partial charge < -0.3 is 25.3 Å². The van der Waals surface area contributed by atoms with E-state index in [0.717, 1.165) is 63.6 Å². The summed E-state index contributed by atoms with van der Waals surface area (Å²) in [6, 6.07) is 3.53. The van der Waals surface area contributed by atoms with Crippen LogP contribution in [0.5, 0.6) is 0 Å². The first-order valence-electron chi connectivity index (χ1n) is 15.4. The molecular formula is C33H44N2O5. The van der Waals surface area contributed by atoms with Gasteiger partial charge in [0, 0.05) is 34.3 Å². The number of fused-ring (bicyclic) bond motifs is 1. The Bertz CT molecular complexity index is 1280. The molecule has 6 aliphatic carbocycles. The van der Waals surface area contributed by atoms with Gasteiger partial charge in [-0.25, -0.2) is 0 Å². The Morgan fingerprint density at radius 1 is 1.02 bits per heavy atom. The molecular weight excluding hydrogens is 504 g/mol. The zero-order valence-corrected chi connectivity index (χ0v) is 23.9. The molecule has 7 aliphatic rings. The van der Waals surface area contributed by atoms with Crippen LogP contribution in [-0.2, 0) is 4.79 Å². The summed E-state index contributed by atoms with van der Waals surface area (Å²) in [6.45, 7) is 6.82. The van der Waals surface area contributed by atoms with Crippen LogP contribution in [0.25, 0.3) is 0 Å². The lowest BCUT2D eigenvalue weighted by Gasteiger charge is -2.71. The topological polar surface area (TPSA) is 117 Å². The van der Waals surface area contributed by atoms with E-state index in [0.29, 0.717) is 25.1 Å². The third-order valence-electron chi connectivity index (χ3n) is 13.2. The van der Waals surface area contributed by atoms with Crippen LogP contribution in [0.1, 0.15) is 82.2 Å². The summed E-state index contributed by atoms with van der Waals surface area (Å²) in [6.07, 6.45) is 15.4. The van der Waals surface area contributed by atoms with E-state index in [9.17, 15) is 19.8 Å². The van der Waals surface area contributed by atoms with Crippen LogP contribution in [0, 0.1) is 39.4 Å². The molecule has 2 spiro atoms. The van der Waals surface area contributed by atoms with E-state index in [-0.39, 0.29) is 51.8 Å². The lowest BCUT2D eigenvalue weighted by molar-refractivity contribution is -0.177. The number of carbonyl (C=O) groups is 2. The number of furan rings is 1. The van der Waals surface area contributed by atoms with Gasteiger partial charge in [0.15, 0.2) is 5.76 Å². The number of hydrogen-bond donors (Lipinski definition) is 3. The van der Waals surface area contributed by atoms with Crippen molar-refractivity contribution in [2.45, 2.75) is 83.3 Å². The number of primary amides is 1. The van der Waals surface area contributed by atoms with Gasteiger partial charge in [-0.1, -0.05) is 32.1 Å². The van der Waals surface area contributed by atoms with Crippen molar-refractivity contribution in [1.82, 2.24) is 4.90 Å². The normalized spacial score (nSPS) is 46.4. The quantitative estimate of drug-likeness (QED) is 0.374. The number of allylic oxidation sites excluding steroid dienone is 4. The summed E-state index contributed by atoms with van der Waals surface area (Å²) in [4.78, 5) is 28.3. The van der Waals surface area contributed by atoms with E-state index in [2.05, 4.69) is 37.0 Å². The number of rotatable bonds is 5. The van der Waals surface area contributed by atoms with E-state index in [1.54, 1.807) is 18.4 Å². The SMILES string of the molecule is C[C@]12CC[C@H]3[C@]4(C=C[C@@]5(C=C4C(=O)c4ccco4)CC(O)CC[C@]35C)[C@@H]1CC[C@@]2(O)CN1CCC(C(N)=O)CC1. The molecule has 4 N–H and O–H groups in total. The van der Waals surface area contributed by atoms with E-state index in [1.165, 1.54) is 0 Å². The first-order valence-corrected chi connectivity index (χ1v) is 15.4. The van der Waals surface area contributed by atoms with Crippen LogP contribution in [0.15, 0.2) is 46.6 Å². The number of likely N-dealkylation sites (tertiary alicyclic amines) is 1. The van der Waals surface area contributed by atoms with Crippen LogP contribution < -0.4 is 5.73 Å². The molecule has 2 bridgehead atoms. The number of β-amino-alcohol motifs (C(OH)–C–C–N with tert-alkyl or cyclic N) is 1. The summed E-state index contributed by atoms with van der Waals surface area (Å²) in [5.74, 6) is 0.419. The summed E-state index contributed by atoms with van der Waals surface area (Å²) in [7, 11) is 0. The lowest BCUT2D eigenvalue weighted by atomic mass is 9.32. The molecule has 4 fully saturated rings. The second kappa shape index (κ2) is 8.65. The Labute approximate surface area is 236 Å². The summed E-state index contributed by atoms with van der Waals surface area (Å²) >= 11 is 0. The van der Waals surface area contributed by atoms with Gasteiger partial charge >= 0.3 is 0 Å². The van der Waals surface area contributed by atoms with Crippen molar-refractivity contribution in [3.05, 3.63) is 48.0 Å². The van der Waals surface area contributed by atoms with Crippen molar-refractivity contribution in [2.24, 2.45) is 45.1 Å². The summed E-state index contributed by atoms with van der Waals surface area (Å²) in [5, 5.41) is 23.3. The number of nitrogens with zero attached hydrogens (tertiary/aromatic N) is 1. The maximum Gasteiger partial charge on any atom is 0.224 e. The monoisotopic (exact) mass is 548 g/mol. The van der Waals surface area contributed by atoms with Crippen molar-refractivity contribution in [3.8, 4) is 0 Å². The highest BCUT2D eigenvalue weighted by Crippen LogP contribution is 2.78. The molecule has 1 unspecified atom stereocenters. The lowest BCUT2D eigenvalue weighted by Crippen LogP contribution is -2.67. The molecule has 7 heteroatoms. The smallest absolute Gasteiger partial charge is 0.224 e. The highest BCUT2D eigenvalue weighted by Gasteiger charge is 2.74. The Morgan fingerprint density at radius 3 is 2.42 bits per heavy atom. The van der Waals surface area contributed by atoms with Crippen LogP contribution in [0.3, 0.4) is 0 Å². The molecule has 1 amide bonds. The standard InChI is InChI=1S/C33H44N2O5/c1-29-10-5-22(36)18-31(29)13-14-33(23(19-31)27(37)24-4-3-17-40-24)25(29)6-11-30(2)26(33)7-12-32(30,39)20-35-15-8-21(9-16-35)28(34)38/h3-4,13-14,17,19,21-22,25-26,36,39H,5-12,15-16,18,20H2,1-2H3,(H2,34,38)/t22?,25-,26-,29-,30+,31+,32-,33-/m1/s1.